The van der Waals surface area contributed by atoms with Gasteiger partial charge in [-0.3, -0.25) is 0 Å². The first kappa shape index (κ1) is 11.6. The summed E-state index contributed by atoms with van der Waals surface area (Å²) >= 11 is 9.25. The lowest BCUT2D eigenvalue weighted by Gasteiger charge is -2.01. The van der Waals surface area contributed by atoms with Crippen molar-refractivity contribution in [3.63, 3.8) is 0 Å². The summed E-state index contributed by atoms with van der Waals surface area (Å²) in [6, 6.07) is 4.47. The zero-order valence-corrected chi connectivity index (χ0v) is 11.1. The first-order chi connectivity index (χ1) is 8.66. The molecule has 18 heavy (non-hydrogen) atoms. The van der Waals surface area contributed by atoms with Crippen molar-refractivity contribution in [3.05, 3.63) is 40.0 Å². The molecule has 2 aromatic heterocycles. The Kier molecular flexibility index (Phi) is 2.76. The van der Waals surface area contributed by atoms with Crippen LogP contribution in [0.15, 0.2) is 29.1 Å². The van der Waals surface area contributed by atoms with Crippen molar-refractivity contribution in [2.45, 2.75) is 0 Å². The van der Waals surface area contributed by atoms with Gasteiger partial charge in [0.25, 0.3) is 0 Å². The molecule has 0 aliphatic rings. The van der Waals surface area contributed by atoms with Crippen LogP contribution >= 0.6 is 27.5 Å². The van der Waals surface area contributed by atoms with E-state index in [4.69, 9.17) is 11.6 Å². The largest absolute Gasteiger partial charge is 0.334 e. The van der Waals surface area contributed by atoms with Crippen molar-refractivity contribution in [1.29, 1.82) is 0 Å². The number of nitrogens with zero attached hydrogens (tertiary/aromatic N) is 3. The maximum Gasteiger partial charge on any atom is 0.182 e. The third kappa shape index (κ3) is 1.77. The summed E-state index contributed by atoms with van der Waals surface area (Å²) in [5.74, 6) is -0.111. The molecular formula is C11H5BrClFN4. The van der Waals surface area contributed by atoms with Gasteiger partial charge in [0.15, 0.2) is 5.65 Å². The van der Waals surface area contributed by atoms with E-state index in [1.165, 1.54) is 12.4 Å². The molecule has 2 heterocycles. The van der Waals surface area contributed by atoms with Crippen LogP contribution in [-0.2, 0) is 0 Å². The Morgan fingerprint density at radius 1 is 1.28 bits per heavy atom. The summed E-state index contributed by atoms with van der Waals surface area (Å²) in [7, 11) is 0. The molecule has 0 spiro atoms. The molecule has 1 N–H and O–H groups in total. The zero-order chi connectivity index (χ0) is 12.7. The van der Waals surface area contributed by atoms with Crippen molar-refractivity contribution in [1.82, 2.24) is 19.9 Å². The molecular weight excluding hydrogens is 323 g/mol. The molecule has 0 fully saturated rings. The highest BCUT2D eigenvalue weighted by Gasteiger charge is 2.15. The van der Waals surface area contributed by atoms with E-state index in [1.54, 1.807) is 12.1 Å². The van der Waals surface area contributed by atoms with Crippen molar-refractivity contribution >= 4 is 38.7 Å². The molecule has 0 bridgehead atoms. The number of fused-ring (bicyclic) bond motifs is 1. The van der Waals surface area contributed by atoms with Crippen molar-refractivity contribution in [3.8, 4) is 11.4 Å². The molecule has 90 valence electrons. The average Bonchev–Trinajstić information content (AvgIpc) is 2.74. The van der Waals surface area contributed by atoms with Crippen LogP contribution in [0, 0.1) is 5.82 Å². The van der Waals surface area contributed by atoms with Gasteiger partial charge in [-0.05, 0) is 28.1 Å². The summed E-state index contributed by atoms with van der Waals surface area (Å²) in [5.41, 5.74) is 1.28. The second kappa shape index (κ2) is 4.29. The van der Waals surface area contributed by atoms with E-state index < -0.39 is 5.82 Å². The van der Waals surface area contributed by atoms with Gasteiger partial charge in [0.1, 0.15) is 28.1 Å². The summed E-state index contributed by atoms with van der Waals surface area (Å²) in [5, 5.41) is 0.290. The lowest BCUT2D eigenvalue weighted by molar-refractivity contribution is 0.630. The molecule has 4 nitrogen and oxygen atoms in total. The van der Waals surface area contributed by atoms with E-state index in [2.05, 4.69) is 35.9 Å². The number of aromatic amines is 1. The van der Waals surface area contributed by atoms with Gasteiger partial charge in [-0.2, -0.15) is 0 Å². The first-order valence-electron chi connectivity index (χ1n) is 4.97. The van der Waals surface area contributed by atoms with Gasteiger partial charge in [0.2, 0.25) is 0 Å². The summed E-state index contributed by atoms with van der Waals surface area (Å²) in [6.07, 6.45) is 1.37. The predicted molar refractivity (Wildman–Crippen MR) is 69.8 cm³/mol. The fourth-order valence-electron chi connectivity index (χ4n) is 1.64. The van der Waals surface area contributed by atoms with E-state index in [1.807, 2.05) is 0 Å². The van der Waals surface area contributed by atoms with E-state index in [0.717, 1.165) is 0 Å². The number of imidazole rings is 1. The molecule has 0 aliphatic heterocycles. The standard InChI is InChI=1S/C11H5BrClFN4/c12-9-8-11(16-4-15-9)18-10(17-8)7-5(13)2-1-3-6(7)14/h1-4H,(H,15,16,17,18). The number of hydrogen-bond donors (Lipinski definition) is 1. The summed E-state index contributed by atoms with van der Waals surface area (Å²) in [4.78, 5) is 15.1. The van der Waals surface area contributed by atoms with Gasteiger partial charge in [-0.25, -0.2) is 19.3 Å². The van der Waals surface area contributed by atoms with Gasteiger partial charge in [-0.1, -0.05) is 17.7 Å². The number of nitrogens with one attached hydrogen (secondary N) is 1. The van der Waals surface area contributed by atoms with E-state index in [9.17, 15) is 4.39 Å². The molecule has 0 amide bonds. The van der Waals surface area contributed by atoms with Crippen molar-refractivity contribution in [2.24, 2.45) is 0 Å². The Hall–Kier alpha value is -1.53. The quantitative estimate of drug-likeness (QED) is 0.695. The minimum Gasteiger partial charge on any atom is -0.334 e. The number of rotatable bonds is 1. The Bertz CT molecular complexity index is 723. The molecule has 3 rings (SSSR count). The number of aromatic nitrogens is 4. The van der Waals surface area contributed by atoms with Crippen LogP contribution in [0.3, 0.4) is 0 Å². The van der Waals surface area contributed by atoms with Gasteiger partial charge in [-0.15, -0.1) is 0 Å². The van der Waals surface area contributed by atoms with Crippen LogP contribution in [-0.4, -0.2) is 19.9 Å². The van der Waals surface area contributed by atoms with Crippen LogP contribution in [0.1, 0.15) is 0 Å². The van der Waals surface area contributed by atoms with Crippen LogP contribution in [0.4, 0.5) is 4.39 Å². The third-order valence-electron chi connectivity index (χ3n) is 2.44. The average molecular weight is 328 g/mol. The number of halogens is 3. The Balaban J connectivity index is 2.30. The first-order valence-corrected chi connectivity index (χ1v) is 6.14. The number of hydrogen-bond acceptors (Lipinski definition) is 3. The lowest BCUT2D eigenvalue weighted by atomic mass is 10.2. The zero-order valence-electron chi connectivity index (χ0n) is 8.78. The third-order valence-corrected chi connectivity index (χ3v) is 3.36. The normalized spacial score (nSPS) is 11.1. The highest BCUT2D eigenvalue weighted by molar-refractivity contribution is 9.10. The lowest BCUT2D eigenvalue weighted by Crippen LogP contribution is -1.87. The van der Waals surface area contributed by atoms with Crippen molar-refractivity contribution in [2.75, 3.05) is 0 Å². The van der Waals surface area contributed by atoms with Crippen LogP contribution in [0.2, 0.25) is 5.02 Å². The highest BCUT2D eigenvalue weighted by Crippen LogP contribution is 2.30. The number of benzene rings is 1. The van der Waals surface area contributed by atoms with Gasteiger partial charge >= 0.3 is 0 Å². The predicted octanol–water partition coefficient (Wildman–Crippen LogP) is 3.57. The maximum atomic E-state index is 13.8. The molecule has 0 saturated heterocycles. The Morgan fingerprint density at radius 2 is 2.11 bits per heavy atom. The molecule has 0 unspecified atom stereocenters. The second-order valence-corrected chi connectivity index (χ2v) is 4.70. The van der Waals surface area contributed by atoms with Gasteiger partial charge in [0, 0.05) is 0 Å². The Morgan fingerprint density at radius 3 is 2.83 bits per heavy atom. The fraction of sp³-hybridized carbons (Fsp3) is 0. The topological polar surface area (TPSA) is 54.5 Å². The molecule has 7 heteroatoms. The van der Waals surface area contributed by atoms with E-state index in [0.29, 0.717) is 21.6 Å². The van der Waals surface area contributed by atoms with Crippen LogP contribution in [0.25, 0.3) is 22.6 Å². The van der Waals surface area contributed by atoms with Crippen LogP contribution in [0.5, 0.6) is 0 Å². The van der Waals surface area contributed by atoms with E-state index in [-0.39, 0.29) is 10.6 Å². The SMILES string of the molecule is Fc1cccc(Cl)c1-c1nc2ncnc(Br)c2[nH]1. The Labute approximate surface area is 114 Å². The van der Waals surface area contributed by atoms with Crippen LogP contribution < -0.4 is 0 Å². The second-order valence-electron chi connectivity index (χ2n) is 3.55. The molecule has 0 atom stereocenters. The monoisotopic (exact) mass is 326 g/mol. The maximum absolute atomic E-state index is 13.8. The fourth-order valence-corrected chi connectivity index (χ4v) is 2.26. The summed E-state index contributed by atoms with van der Waals surface area (Å²) in [6.45, 7) is 0. The number of H-pyrrole nitrogens is 1. The molecule has 0 saturated carbocycles. The minimum absolute atomic E-state index is 0.226. The molecule has 0 aliphatic carbocycles. The molecule has 0 radical (unpaired) electrons. The summed E-state index contributed by atoms with van der Waals surface area (Å²) < 4.78 is 14.3. The highest BCUT2D eigenvalue weighted by atomic mass is 79.9. The smallest absolute Gasteiger partial charge is 0.182 e. The molecule has 1 aromatic carbocycles. The van der Waals surface area contributed by atoms with Crippen molar-refractivity contribution < 1.29 is 4.39 Å². The van der Waals surface area contributed by atoms with Gasteiger partial charge in [0.05, 0.1) is 10.6 Å². The van der Waals surface area contributed by atoms with Gasteiger partial charge < -0.3 is 4.98 Å². The molecule has 3 aromatic rings. The minimum atomic E-state index is -0.439. The van der Waals surface area contributed by atoms with E-state index >= 15 is 0 Å².